The number of nitrogens with zero attached hydrogens (tertiary/aromatic N) is 4. The maximum atomic E-state index is 5.30. The molecule has 4 heteroatoms. The van der Waals surface area contributed by atoms with Gasteiger partial charge in [-0.15, -0.1) is 0 Å². The summed E-state index contributed by atoms with van der Waals surface area (Å²) in [4.78, 5) is 15.5. The van der Waals surface area contributed by atoms with Gasteiger partial charge in [-0.2, -0.15) is 0 Å². The van der Waals surface area contributed by atoms with E-state index in [2.05, 4.69) is 189 Å². The van der Waals surface area contributed by atoms with Gasteiger partial charge in [0, 0.05) is 50.8 Å². The predicted octanol–water partition coefficient (Wildman–Crippen LogP) is 13.8. The van der Waals surface area contributed by atoms with E-state index in [4.69, 9.17) is 9.97 Å². The van der Waals surface area contributed by atoms with E-state index in [1.807, 2.05) is 6.07 Å². The summed E-state index contributed by atoms with van der Waals surface area (Å²) < 4.78 is 0. The fraction of sp³-hybridized carbons (Fsp3) is 0.148. The summed E-state index contributed by atoms with van der Waals surface area (Å²) in [5.41, 5.74) is 22.7. The minimum Gasteiger partial charge on any atom is -0.310 e. The van der Waals surface area contributed by atoms with Crippen LogP contribution in [0.1, 0.15) is 44.5 Å². The molecule has 2 aliphatic heterocycles. The third-order valence-corrected chi connectivity index (χ3v) is 12.1. The molecule has 0 spiro atoms. The Balaban J connectivity index is 1.11. The summed E-state index contributed by atoms with van der Waals surface area (Å²) in [6.07, 6.45) is 4.07. The highest BCUT2D eigenvalue weighted by molar-refractivity contribution is 5.87. The zero-order valence-electron chi connectivity index (χ0n) is 33.6. The second-order valence-corrected chi connectivity index (χ2v) is 15.9. The van der Waals surface area contributed by atoms with Crippen LogP contribution in [0, 0.1) is 27.7 Å². The van der Waals surface area contributed by atoms with E-state index in [-0.39, 0.29) is 0 Å². The molecule has 10 rings (SSSR count). The van der Waals surface area contributed by atoms with Gasteiger partial charge in [0.05, 0.1) is 11.4 Å². The summed E-state index contributed by atoms with van der Waals surface area (Å²) in [5, 5.41) is 0. The molecule has 1 aromatic heterocycles. The highest BCUT2D eigenvalue weighted by Gasteiger charge is 2.26. The van der Waals surface area contributed by atoms with E-state index in [1.54, 1.807) is 0 Å². The Labute approximate surface area is 342 Å². The number of fused-ring (bicyclic) bond motifs is 4. The number of benzene rings is 7. The molecule has 0 saturated heterocycles. The van der Waals surface area contributed by atoms with Gasteiger partial charge in [-0.25, -0.2) is 9.97 Å². The smallest absolute Gasteiger partial charge is 0.160 e. The van der Waals surface area contributed by atoms with Crippen LogP contribution in [0.5, 0.6) is 0 Å². The van der Waals surface area contributed by atoms with Crippen LogP contribution >= 0.6 is 0 Å². The van der Waals surface area contributed by atoms with E-state index in [0.29, 0.717) is 0 Å². The topological polar surface area (TPSA) is 32.3 Å². The first kappa shape index (κ1) is 35.6. The third-order valence-electron chi connectivity index (χ3n) is 12.1. The first-order valence-electron chi connectivity index (χ1n) is 20.5. The Kier molecular flexibility index (Phi) is 8.98. The summed E-state index contributed by atoms with van der Waals surface area (Å²) in [5.74, 6) is 0.723. The predicted molar refractivity (Wildman–Crippen MR) is 241 cm³/mol. The van der Waals surface area contributed by atoms with Crippen LogP contribution in [0.15, 0.2) is 158 Å². The first-order chi connectivity index (χ1) is 28.4. The van der Waals surface area contributed by atoms with Crippen molar-refractivity contribution in [2.45, 2.75) is 53.4 Å². The van der Waals surface area contributed by atoms with Gasteiger partial charge in [-0.05, 0) is 152 Å². The van der Waals surface area contributed by atoms with E-state index >= 15 is 0 Å². The van der Waals surface area contributed by atoms with Crippen molar-refractivity contribution in [2.75, 3.05) is 9.80 Å². The molecule has 0 radical (unpaired) electrons. The van der Waals surface area contributed by atoms with Crippen LogP contribution in [-0.4, -0.2) is 9.97 Å². The molecular weight excluding hydrogens is 705 g/mol. The lowest BCUT2D eigenvalue weighted by Crippen LogP contribution is -2.13. The number of hydrogen-bond acceptors (Lipinski definition) is 4. The van der Waals surface area contributed by atoms with Crippen LogP contribution in [0.2, 0.25) is 0 Å². The van der Waals surface area contributed by atoms with Crippen LogP contribution in [0.3, 0.4) is 0 Å². The van der Waals surface area contributed by atoms with Gasteiger partial charge in [-0.1, -0.05) is 103 Å². The number of anilines is 6. The van der Waals surface area contributed by atoms with Crippen molar-refractivity contribution < 1.29 is 0 Å². The highest BCUT2D eigenvalue weighted by Crippen LogP contribution is 2.46. The maximum Gasteiger partial charge on any atom is 0.160 e. The normalized spacial score (nSPS) is 13.2. The van der Waals surface area contributed by atoms with Crippen molar-refractivity contribution in [1.29, 1.82) is 0 Å². The minimum atomic E-state index is 0.723. The van der Waals surface area contributed by atoms with Crippen molar-refractivity contribution >= 4 is 34.1 Å². The quantitative estimate of drug-likeness (QED) is 0.175. The van der Waals surface area contributed by atoms with E-state index < -0.39 is 0 Å². The average Bonchev–Trinajstić information content (AvgIpc) is 3.53. The minimum absolute atomic E-state index is 0.723. The summed E-state index contributed by atoms with van der Waals surface area (Å²) in [6.45, 7) is 8.91. The van der Waals surface area contributed by atoms with Crippen molar-refractivity contribution in [1.82, 2.24) is 9.97 Å². The van der Waals surface area contributed by atoms with Gasteiger partial charge in [-0.3, -0.25) is 0 Å². The van der Waals surface area contributed by atoms with Gasteiger partial charge < -0.3 is 9.80 Å². The van der Waals surface area contributed by atoms with Crippen LogP contribution in [0.25, 0.3) is 33.9 Å². The molecule has 0 fully saturated rings. The van der Waals surface area contributed by atoms with E-state index in [1.165, 1.54) is 78.6 Å². The third kappa shape index (κ3) is 6.26. The summed E-state index contributed by atoms with van der Waals surface area (Å²) in [7, 11) is 0. The Morgan fingerprint density at radius 3 is 1.07 bits per heavy atom. The molecule has 0 bridgehead atoms. The zero-order valence-corrected chi connectivity index (χ0v) is 33.6. The Bertz CT molecular complexity index is 2590. The Morgan fingerprint density at radius 1 is 0.345 bits per heavy atom. The van der Waals surface area contributed by atoms with Crippen molar-refractivity contribution in [3.8, 4) is 33.9 Å². The van der Waals surface area contributed by atoms with Gasteiger partial charge in [0.15, 0.2) is 5.82 Å². The SMILES string of the molecule is Cc1cc(N2c3ccccc3CCc3ccccc32)c(C)cc1-c1cc(-c2cc(C)c(N3c4ccccc4CCc4ccccc43)cc2C)nc(-c2ccccc2)n1. The number of hydrogen-bond donors (Lipinski definition) is 0. The van der Waals surface area contributed by atoms with Crippen LogP contribution in [-0.2, 0) is 25.7 Å². The van der Waals surface area contributed by atoms with Crippen LogP contribution < -0.4 is 9.80 Å². The number of aryl methyl sites for hydroxylation is 8. The Hall–Kier alpha value is -6.78. The van der Waals surface area contributed by atoms with Crippen molar-refractivity contribution in [3.05, 3.63) is 202 Å². The molecule has 0 aliphatic carbocycles. The van der Waals surface area contributed by atoms with Gasteiger partial charge in [0.2, 0.25) is 0 Å². The molecule has 8 aromatic rings. The fourth-order valence-electron chi connectivity index (χ4n) is 9.15. The van der Waals surface area contributed by atoms with Gasteiger partial charge in [0.1, 0.15) is 0 Å². The molecule has 58 heavy (non-hydrogen) atoms. The maximum absolute atomic E-state index is 5.30. The lowest BCUT2D eigenvalue weighted by atomic mass is 9.96. The molecule has 2 aliphatic rings. The van der Waals surface area contributed by atoms with E-state index in [9.17, 15) is 0 Å². The summed E-state index contributed by atoms with van der Waals surface area (Å²) >= 11 is 0. The molecule has 0 amide bonds. The molecule has 0 unspecified atom stereocenters. The standard InChI is InChI=1S/C54H46N4/c1-35-32-52(57-48-22-12-8-16-39(48)26-27-40-17-9-13-23-49(40)57)37(3)30-44(35)46-34-47(56-54(55-46)43-20-6-5-7-21-43)45-31-38(4)53(33-36(45)2)58-50-24-14-10-18-41(50)28-29-42-19-11-15-25-51(42)58/h5-25,30-34H,26-29H2,1-4H3. The fourth-order valence-corrected chi connectivity index (χ4v) is 9.15. The van der Waals surface area contributed by atoms with E-state index in [0.717, 1.165) is 59.6 Å². The number of para-hydroxylation sites is 4. The molecule has 0 saturated carbocycles. The largest absolute Gasteiger partial charge is 0.310 e. The van der Waals surface area contributed by atoms with Crippen LogP contribution in [0.4, 0.5) is 34.1 Å². The number of aromatic nitrogens is 2. The lowest BCUT2D eigenvalue weighted by molar-refractivity contribution is 0.977. The highest BCUT2D eigenvalue weighted by atomic mass is 15.2. The first-order valence-corrected chi connectivity index (χ1v) is 20.5. The zero-order chi connectivity index (χ0) is 39.3. The molecule has 282 valence electrons. The van der Waals surface area contributed by atoms with Gasteiger partial charge in [0.25, 0.3) is 0 Å². The van der Waals surface area contributed by atoms with Gasteiger partial charge >= 0.3 is 0 Å². The molecule has 0 atom stereocenters. The Morgan fingerprint density at radius 2 is 0.690 bits per heavy atom. The lowest BCUT2D eigenvalue weighted by Gasteiger charge is -2.29. The molecule has 3 heterocycles. The van der Waals surface area contributed by atoms with Crippen molar-refractivity contribution in [3.63, 3.8) is 0 Å². The molecule has 7 aromatic carbocycles. The van der Waals surface area contributed by atoms with Crippen molar-refractivity contribution in [2.24, 2.45) is 0 Å². The second kappa shape index (κ2) is 14.6. The molecule has 0 N–H and O–H groups in total. The average molecular weight is 751 g/mol. The molecular formula is C54H46N4. The monoisotopic (exact) mass is 750 g/mol. The molecule has 4 nitrogen and oxygen atoms in total. The second-order valence-electron chi connectivity index (χ2n) is 15.9. The summed E-state index contributed by atoms with van der Waals surface area (Å²) in [6, 6.07) is 57.4. The number of rotatable bonds is 5.